The molecule has 10 nitrogen and oxygen atoms in total. The van der Waals surface area contributed by atoms with Crippen LogP contribution >= 0.6 is 0 Å². The van der Waals surface area contributed by atoms with Crippen molar-refractivity contribution in [3.8, 4) is 17.3 Å². The highest BCUT2D eigenvalue weighted by atomic mass is 16.5. The maximum absolute atomic E-state index is 12.5. The zero-order valence-corrected chi connectivity index (χ0v) is 17.2. The van der Waals surface area contributed by atoms with Crippen LogP contribution in [0.25, 0.3) is 11.3 Å². The number of rotatable bonds is 6. The quantitative estimate of drug-likeness (QED) is 0.715. The molecule has 1 atom stereocenters. The van der Waals surface area contributed by atoms with E-state index in [0.29, 0.717) is 42.5 Å². The van der Waals surface area contributed by atoms with E-state index in [1.165, 1.54) is 18.6 Å². The number of hydrogen-bond donors (Lipinski definition) is 2. The van der Waals surface area contributed by atoms with Gasteiger partial charge in [0.1, 0.15) is 6.07 Å². The van der Waals surface area contributed by atoms with Crippen molar-refractivity contribution in [2.24, 2.45) is 5.92 Å². The van der Waals surface area contributed by atoms with Crippen LogP contribution in [0.15, 0.2) is 24.7 Å². The smallest absolute Gasteiger partial charge is 0.242 e. The van der Waals surface area contributed by atoms with Crippen LogP contribution in [0.5, 0.6) is 0 Å². The molecule has 2 amide bonds. The number of morpholine rings is 1. The number of nitrogens with zero attached hydrogens (tertiary/aromatic N) is 5. The predicted octanol–water partition coefficient (Wildman–Crippen LogP) is 1.42. The molecule has 0 radical (unpaired) electrons. The highest BCUT2D eigenvalue weighted by Crippen LogP contribution is 2.30. The molecule has 10 heteroatoms. The molecule has 1 aliphatic carbocycles. The fraction of sp³-hybridized carbons (Fsp3) is 0.429. The minimum Gasteiger partial charge on any atom is -0.375 e. The molecule has 2 aromatic heterocycles. The van der Waals surface area contributed by atoms with Gasteiger partial charge in [-0.3, -0.25) is 14.6 Å². The molecule has 2 N–H and O–H groups in total. The molecule has 160 valence electrons. The number of nitrogens with one attached hydrogen (secondary N) is 2. The van der Waals surface area contributed by atoms with Gasteiger partial charge in [-0.25, -0.2) is 9.97 Å². The normalized spacial score (nSPS) is 18.2. The van der Waals surface area contributed by atoms with Crippen molar-refractivity contribution in [3.63, 3.8) is 0 Å². The van der Waals surface area contributed by atoms with Crippen molar-refractivity contribution in [3.05, 3.63) is 30.4 Å². The predicted molar refractivity (Wildman–Crippen MR) is 112 cm³/mol. The number of nitriles is 1. The van der Waals surface area contributed by atoms with Gasteiger partial charge in [-0.2, -0.15) is 5.26 Å². The monoisotopic (exact) mass is 421 g/mol. The van der Waals surface area contributed by atoms with E-state index < -0.39 is 0 Å². The van der Waals surface area contributed by atoms with Crippen molar-refractivity contribution < 1.29 is 14.3 Å². The third-order valence-electron chi connectivity index (χ3n) is 5.16. The first-order valence-electron chi connectivity index (χ1n) is 10.2. The van der Waals surface area contributed by atoms with Gasteiger partial charge >= 0.3 is 0 Å². The number of aromatic nitrogens is 3. The minimum absolute atomic E-state index is 0.00738. The molecule has 3 heterocycles. The lowest BCUT2D eigenvalue weighted by molar-refractivity contribution is -0.136. The van der Waals surface area contributed by atoms with Crippen LogP contribution in [0.2, 0.25) is 0 Å². The first-order valence-corrected chi connectivity index (χ1v) is 10.2. The van der Waals surface area contributed by atoms with E-state index in [-0.39, 0.29) is 36.1 Å². The fourth-order valence-electron chi connectivity index (χ4n) is 3.27. The number of amides is 2. The van der Waals surface area contributed by atoms with Gasteiger partial charge in [-0.1, -0.05) is 0 Å². The van der Waals surface area contributed by atoms with Crippen LogP contribution < -0.4 is 10.6 Å². The summed E-state index contributed by atoms with van der Waals surface area (Å²) in [4.78, 5) is 38.8. The van der Waals surface area contributed by atoms with Crippen molar-refractivity contribution >= 4 is 23.3 Å². The van der Waals surface area contributed by atoms with Crippen molar-refractivity contribution in [2.45, 2.75) is 25.9 Å². The lowest BCUT2D eigenvalue weighted by atomic mass is 10.1. The van der Waals surface area contributed by atoms with Crippen LogP contribution in [0.4, 0.5) is 11.5 Å². The lowest BCUT2D eigenvalue weighted by Crippen LogP contribution is -2.46. The second-order valence-corrected chi connectivity index (χ2v) is 7.66. The summed E-state index contributed by atoms with van der Waals surface area (Å²) in [6.45, 7) is 3.59. The van der Waals surface area contributed by atoms with Crippen LogP contribution in [0, 0.1) is 17.2 Å². The highest BCUT2D eigenvalue weighted by molar-refractivity contribution is 5.93. The molecule has 1 aliphatic heterocycles. The number of carbonyl (C=O) groups excluding carboxylic acids is 2. The molecule has 1 unspecified atom stereocenters. The van der Waals surface area contributed by atoms with E-state index in [2.05, 4.69) is 25.6 Å². The molecule has 2 fully saturated rings. The van der Waals surface area contributed by atoms with Crippen LogP contribution in [0.3, 0.4) is 0 Å². The molecule has 31 heavy (non-hydrogen) atoms. The third-order valence-corrected chi connectivity index (χ3v) is 5.16. The average Bonchev–Trinajstić information content (AvgIpc) is 3.63. The first kappa shape index (κ1) is 20.7. The van der Waals surface area contributed by atoms with Gasteiger partial charge in [0.25, 0.3) is 0 Å². The van der Waals surface area contributed by atoms with Crippen LogP contribution in [0.1, 0.15) is 25.5 Å². The maximum Gasteiger partial charge on any atom is 0.242 e. The number of ether oxygens (including phenoxy) is 1. The Balaban J connectivity index is 1.43. The fourth-order valence-corrected chi connectivity index (χ4v) is 3.27. The summed E-state index contributed by atoms with van der Waals surface area (Å²) in [5.41, 5.74) is 1.81. The van der Waals surface area contributed by atoms with E-state index in [1.807, 2.05) is 13.0 Å². The molecule has 2 aliphatic rings. The standard InChI is InChI=1S/C21H23N7O3/c1-13-12-28(4-5-31-13)20(29)11-25-16-6-15(8-23-17(16)7-22)18-9-26-19(10-24-18)27-21(30)14-2-3-14/h6,8-10,13-14,25H,2-5,11-12H2,1H3,(H,26,27,30). The molecular weight excluding hydrogens is 398 g/mol. The molecular formula is C21H23N7O3. The Labute approximate surface area is 179 Å². The zero-order valence-electron chi connectivity index (χ0n) is 17.2. The topological polar surface area (TPSA) is 133 Å². The molecule has 4 rings (SSSR count). The summed E-state index contributed by atoms with van der Waals surface area (Å²) in [6, 6.07) is 3.75. The molecule has 1 saturated heterocycles. The molecule has 0 spiro atoms. The maximum atomic E-state index is 12.5. The Hall–Kier alpha value is -3.58. The molecule has 1 saturated carbocycles. The Morgan fingerprint density at radius 3 is 2.77 bits per heavy atom. The van der Waals surface area contributed by atoms with E-state index in [1.54, 1.807) is 11.0 Å². The van der Waals surface area contributed by atoms with Gasteiger partial charge in [-0.15, -0.1) is 0 Å². The number of carbonyl (C=O) groups is 2. The number of anilines is 2. The number of pyridine rings is 1. The summed E-state index contributed by atoms with van der Waals surface area (Å²) in [5.74, 6) is 0.375. The highest BCUT2D eigenvalue weighted by Gasteiger charge is 2.29. The van der Waals surface area contributed by atoms with Crippen molar-refractivity contribution in [2.75, 3.05) is 36.9 Å². The van der Waals surface area contributed by atoms with Crippen molar-refractivity contribution in [1.82, 2.24) is 19.9 Å². The van der Waals surface area contributed by atoms with Gasteiger partial charge in [0.15, 0.2) is 11.5 Å². The summed E-state index contributed by atoms with van der Waals surface area (Å²) in [7, 11) is 0. The third kappa shape index (κ3) is 5.13. The summed E-state index contributed by atoms with van der Waals surface area (Å²) in [5, 5.41) is 15.1. The van der Waals surface area contributed by atoms with Crippen LogP contribution in [-0.2, 0) is 14.3 Å². The Morgan fingerprint density at radius 2 is 2.10 bits per heavy atom. The van der Waals surface area contributed by atoms with Gasteiger partial charge in [0, 0.05) is 30.8 Å². The Kier molecular flexibility index (Phi) is 6.04. The lowest BCUT2D eigenvalue weighted by Gasteiger charge is -2.31. The first-order chi connectivity index (χ1) is 15.0. The van der Waals surface area contributed by atoms with E-state index in [0.717, 1.165) is 12.8 Å². The molecule has 0 aromatic carbocycles. The Morgan fingerprint density at radius 1 is 1.26 bits per heavy atom. The van der Waals surface area contributed by atoms with E-state index in [9.17, 15) is 14.9 Å². The van der Waals surface area contributed by atoms with E-state index >= 15 is 0 Å². The summed E-state index contributed by atoms with van der Waals surface area (Å²) < 4.78 is 5.46. The summed E-state index contributed by atoms with van der Waals surface area (Å²) in [6.07, 6.45) is 6.39. The van der Waals surface area contributed by atoms with Crippen LogP contribution in [-0.4, -0.2) is 64.0 Å². The second kappa shape index (κ2) is 9.06. The van der Waals surface area contributed by atoms with Crippen molar-refractivity contribution in [1.29, 1.82) is 5.26 Å². The van der Waals surface area contributed by atoms with Gasteiger partial charge in [0.2, 0.25) is 11.8 Å². The average molecular weight is 421 g/mol. The van der Waals surface area contributed by atoms with Gasteiger partial charge in [0.05, 0.1) is 43.0 Å². The van der Waals surface area contributed by atoms with Gasteiger partial charge in [-0.05, 0) is 25.8 Å². The minimum atomic E-state index is -0.0695. The SMILES string of the molecule is CC1CN(C(=O)CNc2cc(-c3cnc(NC(=O)C4CC4)cn3)cnc2C#N)CCO1. The summed E-state index contributed by atoms with van der Waals surface area (Å²) >= 11 is 0. The molecule has 2 aromatic rings. The molecule has 0 bridgehead atoms. The Bertz CT molecular complexity index is 1010. The number of hydrogen-bond acceptors (Lipinski definition) is 8. The zero-order chi connectivity index (χ0) is 21.8. The van der Waals surface area contributed by atoms with Gasteiger partial charge < -0.3 is 20.3 Å². The largest absolute Gasteiger partial charge is 0.375 e. The van der Waals surface area contributed by atoms with E-state index in [4.69, 9.17) is 4.74 Å². The second-order valence-electron chi connectivity index (χ2n) is 7.66.